The van der Waals surface area contributed by atoms with Gasteiger partial charge in [-0.25, -0.2) is 13.1 Å². The number of sulfonamides is 1. The summed E-state index contributed by atoms with van der Waals surface area (Å²) in [6, 6.07) is 10.9. The van der Waals surface area contributed by atoms with Crippen LogP contribution >= 0.6 is 23.1 Å². The van der Waals surface area contributed by atoms with Crippen LogP contribution in [-0.2, 0) is 16.4 Å². The first-order valence-corrected chi connectivity index (χ1v) is 11.3. The molecular formula is C16H18N4O3S3. The van der Waals surface area contributed by atoms with Gasteiger partial charge in [0.15, 0.2) is 5.16 Å². The molecule has 3 rings (SSSR count). The van der Waals surface area contributed by atoms with Crippen LogP contribution in [0.2, 0.25) is 0 Å². The third-order valence-electron chi connectivity index (χ3n) is 3.61. The van der Waals surface area contributed by atoms with E-state index in [-0.39, 0.29) is 6.54 Å². The van der Waals surface area contributed by atoms with Crippen LogP contribution < -0.4 is 9.46 Å². The molecule has 2 heterocycles. The van der Waals surface area contributed by atoms with E-state index in [0.29, 0.717) is 16.5 Å². The van der Waals surface area contributed by atoms with Gasteiger partial charge in [-0.05, 0) is 42.0 Å². The lowest BCUT2D eigenvalue weighted by Crippen LogP contribution is -2.26. The van der Waals surface area contributed by atoms with Gasteiger partial charge in [0.25, 0.3) is 0 Å². The second-order valence-electron chi connectivity index (χ2n) is 5.22. The molecule has 1 N–H and O–H groups in total. The average Bonchev–Trinajstić information content (AvgIpc) is 3.32. The molecule has 10 heteroatoms. The number of hydrogen-bond donors (Lipinski definition) is 1. The molecule has 3 aromatic rings. The van der Waals surface area contributed by atoms with Gasteiger partial charge < -0.3 is 4.74 Å². The highest BCUT2D eigenvalue weighted by Crippen LogP contribution is 2.22. The Morgan fingerprint density at radius 2 is 2.00 bits per heavy atom. The Morgan fingerprint density at radius 3 is 2.62 bits per heavy atom. The standard InChI is InChI=1S/C16H18N4O3S3/c1-23-13-7-5-12(6-8-13)20-14(18-19-16(20)24-2)9-10-17-26(21,22)15-4-3-11-25-15/h3-8,11,17H,9-10H2,1-2H3. The van der Waals surface area contributed by atoms with Gasteiger partial charge in [-0.2, -0.15) is 0 Å². The van der Waals surface area contributed by atoms with Gasteiger partial charge in [-0.3, -0.25) is 4.57 Å². The number of nitrogens with zero attached hydrogens (tertiary/aromatic N) is 3. The summed E-state index contributed by atoms with van der Waals surface area (Å²) < 4.78 is 34.4. The third kappa shape index (κ3) is 4.09. The molecular weight excluding hydrogens is 392 g/mol. The summed E-state index contributed by atoms with van der Waals surface area (Å²) in [5.74, 6) is 1.45. The fourth-order valence-corrected chi connectivity index (χ4v) is 4.95. The Kier molecular flexibility index (Phi) is 5.97. The molecule has 0 spiro atoms. The Hall–Kier alpha value is -1.88. The molecule has 7 nitrogen and oxygen atoms in total. The number of thiophene rings is 1. The number of thioether (sulfide) groups is 1. The maximum atomic E-state index is 12.2. The van der Waals surface area contributed by atoms with Crippen molar-refractivity contribution in [1.29, 1.82) is 0 Å². The Balaban J connectivity index is 1.77. The number of nitrogens with one attached hydrogen (secondary N) is 1. The zero-order valence-corrected chi connectivity index (χ0v) is 16.7. The molecule has 0 amide bonds. The van der Waals surface area contributed by atoms with Crippen LogP contribution in [0.5, 0.6) is 5.75 Å². The summed E-state index contributed by atoms with van der Waals surface area (Å²) in [6.45, 7) is 0.239. The SMILES string of the molecule is COc1ccc(-n2c(CCNS(=O)(=O)c3cccs3)nnc2SC)cc1. The van der Waals surface area contributed by atoms with Crippen LogP contribution in [-0.4, -0.2) is 43.1 Å². The van der Waals surface area contributed by atoms with Gasteiger partial charge in [-0.1, -0.05) is 17.8 Å². The third-order valence-corrected chi connectivity index (χ3v) is 7.10. The average molecular weight is 411 g/mol. The summed E-state index contributed by atoms with van der Waals surface area (Å²) in [4.78, 5) is 0. The van der Waals surface area contributed by atoms with E-state index in [4.69, 9.17) is 4.74 Å². The summed E-state index contributed by atoms with van der Waals surface area (Å²) in [6.07, 6.45) is 2.34. The second-order valence-corrected chi connectivity index (χ2v) is 8.93. The molecule has 0 radical (unpaired) electrons. The minimum absolute atomic E-state index is 0.239. The first-order valence-electron chi connectivity index (χ1n) is 7.71. The Morgan fingerprint density at radius 1 is 1.23 bits per heavy atom. The van der Waals surface area contributed by atoms with Crippen molar-refractivity contribution in [2.45, 2.75) is 15.8 Å². The number of ether oxygens (including phenoxy) is 1. The van der Waals surface area contributed by atoms with Gasteiger partial charge >= 0.3 is 0 Å². The van der Waals surface area contributed by atoms with E-state index in [2.05, 4.69) is 14.9 Å². The lowest BCUT2D eigenvalue weighted by Gasteiger charge is -2.10. The summed E-state index contributed by atoms with van der Waals surface area (Å²) in [7, 11) is -1.87. The van der Waals surface area contributed by atoms with E-state index >= 15 is 0 Å². The lowest BCUT2D eigenvalue weighted by atomic mass is 10.3. The molecule has 2 aromatic heterocycles. The normalized spacial score (nSPS) is 11.6. The van der Waals surface area contributed by atoms with E-state index in [9.17, 15) is 8.42 Å². The maximum Gasteiger partial charge on any atom is 0.250 e. The fourth-order valence-electron chi connectivity index (χ4n) is 2.37. The highest BCUT2D eigenvalue weighted by molar-refractivity contribution is 7.98. The molecule has 0 aliphatic carbocycles. The van der Waals surface area contributed by atoms with Gasteiger partial charge in [0.05, 0.1) is 7.11 Å². The molecule has 0 atom stereocenters. The fraction of sp³-hybridized carbons (Fsp3) is 0.250. The van der Waals surface area contributed by atoms with Crippen LogP contribution in [0.3, 0.4) is 0 Å². The lowest BCUT2D eigenvalue weighted by molar-refractivity contribution is 0.414. The molecule has 0 fully saturated rings. The molecule has 0 saturated heterocycles. The monoisotopic (exact) mass is 410 g/mol. The number of rotatable bonds is 8. The molecule has 0 unspecified atom stereocenters. The molecule has 0 aliphatic heterocycles. The molecule has 0 bridgehead atoms. The van der Waals surface area contributed by atoms with Crippen LogP contribution in [0.1, 0.15) is 5.82 Å². The van der Waals surface area contributed by atoms with Crippen molar-refractivity contribution in [2.75, 3.05) is 19.9 Å². The number of hydrogen-bond acceptors (Lipinski definition) is 7. The Labute approximate surface area is 160 Å². The van der Waals surface area contributed by atoms with E-state index in [1.165, 1.54) is 23.1 Å². The Bertz CT molecular complexity index is 951. The van der Waals surface area contributed by atoms with Crippen molar-refractivity contribution in [2.24, 2.45) is 0 Å². The molecule has 0 saturated carbocycles. The zero-order valence-electron chi connectivity index (χ0n) is 14.2. The first kappa shape index (κ1) is 18.9. The van der Waals surface area contributed by atoms with Crippen molar-refractivity contribution < 1.29 is 13.2 Å². The highest BCUT2D eigenvalue weighted by atomic mass is 32.2. The van der Waals surface area contributed by atoms with E-state index < -0.39 is 10.0 Å². The molecule has 1 aromatic carbocycles. The minimum Gasteiger partial charge on any atom is -0.497 e. The van der Waals surface area contributed by atoms with Crippen molar-refractivity contribution in [3.8, 4) is 11.4 Å². The topological polar surface area (TPSA) is 86.1 Å². The molecule has 0 aliphatic rings. The second kappa shape index (κ2) is 8.21. The quantitative estimate of drug-likeness (QED) is 0.575. The smallest absolute Gasteiger partial charge is 0.250 e. The largest absolute Gasteiger partial charge is 0.497 e. The van der Waals surface area contributed by atoms with Gasteiger partial charge in [0.2, 0.25) is 10.0 Å². The number of methoxy groups -OCH3 is 1. The van der Waals surface area contributed by atoms with Crippen molar-refractivity contribution in [1.82, 2.24) is 19.5 Å². The van der Waals surface area contributed by atoms with Crippen LogP contribution in [0.15, 0.2) is 51.1 Å². The van der Waals surface area contributed by atoms with E-state index in [1.807, 2.05) is 35.1 Å². The van der Waals surface area contributed by atoms with Crippen LogP contribution in [0.4, 0.5) is 0 Å². The van der Waals surface area contributed by atoms with Crippen molar-refractivity contribution in [3.05, 3.63) is 47.6 Å². The first-order chi connectivity index (χ1) is 12.5. The van der Waals surface area contributed by atoms with E-state index in [1.54, 1.807) is 24.6 Å². The maximum absolute atomic E-state index is 12.2. The van der Waals surface area contributed by atoms with Gasteiger partial charge in [0.1, 0.15) is 15.8 Å². The van der Waals surface area contributed by atoms with Gasteiger partial charge in [0, 0.05) is 18.7 Å². The van der Waals surface area contributed by atoms with E-state index in [0.717, 1.165) is 16.6 Å². The number of benzene rings is 1. The highest BCUT2D eigenvalue weighted by Gasteiger charge is 2.17. The molecule has 26 heavy (non-hydrogen) atoms. The van der Waals surface area contributed by atoms with Crippen LogP contribution in [0.25, 0.3) is 5.69 Å². The van der Waals surface area contributed by atoms with Crippen molar-refractivity contribution in [3.63, 3.8) is 0 Å². The minimum atomic E-state index is -3.48. The summed E-state index contributed by atoms with van der Waals surface area (Å²) in [5.41, 5.74) is 0.899. The summed E-state index contributed by atoms with van der Waals surface area (Å²) in [5, 5.41) is 10.9. The molecule has 138 valence electrons. The number of aromatic nitrogens is 3. The predicted octanol–water partition coefficient (Wildman–Crippen LogP) is 2.58. The van der Waals surface area contributed by atoms with Crippen molar-refractivity contribution >= 4 is 33.1 Å². The van der Waals surface area contributed by atoms with Gasteiger partial charge in [-0.15, -0.1) is 21.5 Å². The van der Waals surface area contributed by atoms with Crippen LogP contribution in [0, 0.1) is 0 Å². The zero-order chi connectivity index (χ0) is 18.6. The predicted molar refractivity (Wildman–Crippen MR) is 103 cm³/mol. The summed E-state index contributed by atoms with van der Waals surface area (Å²) >= 11 is 2.67.